The molecule has 0 fully saturated rings. The fourth-order valence-corrected chi connectivity index (χ4v) is 10.6. The maximum Gasteiger partial charge on any atom is 0.335 e. The van der Waals surface area contributed by atoms with Crippen molar-refractivity contribution < 1.29 is 37.8 Å². The second-order valence-corrected chi connectivity index (χ2v) is 31.3. The molecule has 1 N–H and O–H groups in total. The third kappa shape index (κ3) is 24.7. The van der Waals surface area contributed by atoms with Crippen molar-refractivity contribution in [1.82, 2.24) is 4.90 Å². The Bertz CT molecular complexity index is 1320. The number of ether oxygens (including phenoxy) is 3. The number of carbonyl (C=O) groups excluding carboxylic acids is 1. The second-order valence-electron chi connectivity index (χ2n) is 21.8. The Morgan fingerprint density at radius 3 is 1.23 bits per heavy atom. The SMILES string of the molecule is CCCCCCCCCCCCC(CN(CCCC(=O)Oc1c(OC)cc(C(=O)O)cc1OC)CC(CCCCCCCCCCCC)O[Si](C)(C)C(C)(C)C)O[Si](C)(C)C(C)(C)C. The molecule has 64 heavy (non-hydrogen) atoms. The molecule has 9 nitrogen and oxygen atoms in total. The topological polar surface area (TPSA) is 104 Å². The molecule has 0 aliphatic rings. The molecule has 0 aliphatic carbocycles. The van der Waals surface area contributed by atoms with E-state index in [0.717, 1.165) is 38.8 Å². The molecule has 1 aromatic rings. The number of nitrogens with zero attached hydrogens (tertiary/aromatic N) is 1. The lowest BCUT2D eigenvalue weighted by Gasteiger charge is -2.42. The van der Waals surface area contributed by atoms with E-state index in [4.69, 9.17) is 23.1 Å². The number of carboxylic acid groups (broad SMARTS) is 1. The molecule has 374 valence electrons. The molecule has 0 aromatic heterocycles. The van der Waals surface area contributed by atoms with Gasteiger partial charge in [0, 0.05) is 19.5 Å². The molecule has 0 amide bonds. The molecule has 0 radical (unpaired) electrons. The molecule has 2 unspecified atom stereocenters. The Kier molecular flexibility index (Phi) is 30.0. The summed E-state index contributed by atoms with van der Waals surface area (Å²) in [6.07, 6.45) is 29.1. The number of hydrogen-bond donors (Lipinski definition) is 1. The molecule has 1 rings (SSSR count). The molecule has 1 aromatic carbocycles. The van der Waals surface area contributed by atoms with Gasteiger partial charge in [-0.1, -0.05) is 184 Å². The van der Waals surface area contributed by atoms with Crippen LogP contribution in [0.3, 0.4) is 0 Å². The van der Waals surface area contributed by atoms with Crippen LogP contribution in [0.5, 0.6) is 17.2 Å². The van der Waals surface area contributed by atoms with E-state index in [1.165, 1.54) is 142 Å². The van der Waals surface area contributed by atoms with Gasteiger partial charge in [-0.3, -0.25) is 9.69 Å². The zero-order chi connectivity index (χ0) is 48.2. The zero-order valence-corrected chi connectivity index (χ0v) is 46.2. The van der Waals surface area contributed by atoms with E-state index in [2.05, 4.69) is 86.5 Å². The average Bonchev–Trinajstić information content (AvgIpc) is 3.20. The predicted molar refractivity (Wildman–Crippen MR) is 275 cm³/mol. The number of rotatable bonds is 38. The molecule has 2 atom stereocenters. The molecular weight excluding hydrogens is 835 g/mol. The summed E-state index contributed by atoms with van der Waals surface area (Å²) in [5, 5.41) is 9.78. The van der Waals surface area contributed by atoms with Crippen molar-refractivity contribution in [2.45, 2.75) is 258 Å². The summed E-state index contributed by atoms with van der Waals surface area (Å²) < 4.78 is 31.3. The molecule has 0 saturated heterocycles. The molecule has 0 heterocycles. The molecule has 0 spiro atoms. The number of carbonyl (C=O) groups is 2. The van der Waals surface area contributed by atoms with Gasteiger partial charge in [-0.2, -0.15) is 0 Å². The number of unbranched alkanes of at least 4 members (excludes halogenated alkanes) is 18. The average molecular weight is 937 g/mol. The van der Waals surface area contributed by atoms with Crippen LogP contribution in [0.1, 0.15) is 220 Å². The van der Waals surface area contributed by atoms with Gasteiger partial charge in [0.15, 0.2) is 28.1 Å². The molecule has 0 bridgehead atoms. The van der Waals surface area contributed by atoms with Crippen LogP contribution in [0.15, 0.2) is 12.1 Å². The molecule has 0 saturated carbocycles. The van der Waals surface area contributed by atoms with E-state index < -0.39 is 28.6 Å². The van der Waals surface area contributed by atoms with Crippen molar-refractivity contribution in [1.29, 1.82) is 0 Å². The fourth-order valence-electron chi connectivity index (χ4n) is 7.83. The van der Waals surface area contributed by atoms with Crippen LogP contribution in [0, 0.1) is 0 Å². The van der Waals surface area contributed by atoms with Gasteiger partial charge in [-0.15, -0.1) is 0 Å². The molecule has 0 aliphatic heterocycles. The van der Waals surface area contributed by atoms with E-state index in [9.17, 15) is 14.7 Å². The van der Waals surface area contributed by atoms with Gasteiger partial charge in [-0.05, 0) is 74.2 Å². The van der Waals surface area contributed by atoms with Gasteiger partial charge in [0.2, 0.25) is 5.75 Å². The third-order valence-electron chi connectivity index (χ3n) is 14.0. The highest BCUT2D eigenvalue weighted by Crippen LogP contribution is 2.41. The van der Waals surface area contributed by atoms with Crippen LogP contribution in [-0.2, 0) is 13.6 Å². The van der Waals surface area contributed by atoms with Gasteiger partial charge in [0.25, 0.3) is 0 Å². The van der Waals surface area contributed by atoms with Gasteiger partial charge >= 0.3 is 11.9 Å². The van der Waals surface area contributed by atoms with Crippen molar-refractivity contribution in [3.05, 3.63) is 17.7 Å². The lowest BCUT2D eigenvalue weighted by molar-refractivity contribution is -0.134. The smallest absolute Gasteiger partial charge is 0.335 e. The van der Waals surface area contributed by atoms with Gasteiger partial charge in [0.05, 0.1) is 32.0 Å². The maximum atomic E-state index is 13.5. The van der Waals surface area contributed by atoms with E-state index >= 15 is 0 Å². The van der Waals surface area contributed by atoms with Crippen LogP contribution in [0.4, 0.5) is 0 Å². The maximum absolute atomic E-state index is 13.5. The summed E-state index contributed by atoms with van der Waals surface area (Å²) in [4.78, 5) is 27.8. The number of esters is 1. The summed E-state index contributed by atoms with van der Waals surface area (Å²) in [6, 6.07) is 2.70. The van der Waals surface area contributed by atoms with E-state index in [1.54, 1.807) is 0 Å². The van der Waals surface area contributed by atoms with Gasteiger partial charge in [0.1, 0.15) is 0 Å². The van der Waals surface area contributed by atoms with Crippen LogP contribution in [0.25, 0.3) is 0 Å². The highest BCUT2D eigenvalue weighted by Gasteiger charge is 2.41. The summed E-state index contributed by atoms with van der Waals surface area (Å²) in [5.74, 6) is -1.17. The number of hydrogen-bond acceptors (Lipinski definition) is 8. The van der Waals surface area contributed by atoms with E-state index in [0.29, 0.717) is 13.0 Å². The first-order valence-electron chi connectivity index (χ1n) is 25.9. The third-order valence-corrected chi connectivity index (χ3v) is 23.1. The highest BCUT2D eigenvalue weighted by molar-refractivity contribution is 6.74. The van der Waals surface area contributed by atoms with Crippen LogP contribution >= 0.6 is 0 Å². The minimum atomic E-state index is -2.09. The quantitative estimate of drug-likeness (QED) is 0.0300. The van der Waals surface area contributed by atoms with E-state index in [1.807, 2.05) is 0 Å². The van der Waals surface area contributed by atoms with Gasteiger partial charge < -0.3 is 28.2 Å². The van der Waals surface area contributed by atoms with Crippen molar-refractivity contribution in [3.8, 4) is 17.2 Å². The van der Waals surface area contributed by atoms with Gasteiger partial charge in [-0.25, -0.2) is 4.79 Å². The number of methoxy groups -OCH3 is 2. The Morgan fingerprint density at radius 2 is 0.922 bits per heavy atom. The largest absolute Gasteiger partial charge is 0.493 e. The molecular formula is C53H101NO8Si2. The van der Waals surface area contributed by atoms with Crippen molar-refractivity contribution >= 4 is 28.6 Å². The lowest BCUT2D eigenvalue weighted by Crippen LogP contribution is -2.50. The summed E-state index contributed by atoms with van der Waals surface area (Å²) in [6.45, 7) is 30.3. The zero-order valence-electron chi connectivity index (χ0n) is 44.2. The number of aromatic carboxylic acids is 1. The first-order valence-corrected chi connectivity index (χ1v) is 31.7. The van der Waals surface area contributed by atoms with Crippen molar-refractivity contribution in [3.63, 3.8) is 0 Å². The lowest BCUT2D eigenvalue weighted by atomic mass is 10.0. The fraction of sp³-hybridized carbons (Fsp3) is 0.849. The van der Waals surface area contributed by atoms with Crippen LogP contribution < -0.4 is 14.2 Å². The number of benzene rings is 1. The van der Waals surface area contributed by atoms with Crippen LogP contribution in [-0.4, -0.2) is 84.6 Å². The first kappa shape index (κ1) is 60.1. The molecule has 11 heteroatoms. The Balaban J connectivity index is 3.34. The minimum Gasteiger partial charge on any atom is -0.493 e. The predicted octanol–water partition coefficient (Wildman–Crippen LogP) is 15.8. The van der Waals surface area contributed by atoms with Crippen molar-refractivity contribution in [2.75, 3.05) is 33.9 Å². The first-order chi connectivity index (χ1) is 30.1. The van der Waals surface area contributed by atoms with E-state index in [-0.39, 0.29) is 51.5 Å². The highest BCUT2D eigenvalue weighted by atomic mass is 28.4. The monoisotopic (exact) mass is 936 g/mol. The van der Waals surface area contributed by atoms with Crippen molar-refractivity contribution in [2.24, 2.45) is 0 Å². The van der Waals surface area contributed by atoms with Crippen LogP contribution in [0.2, 0.25) is 36.3 Å². The summed E-state index contributed by atoms with van der Waals surface area (Å²) in [7, 11) is -1.34. The Morgan fingerprint density at radius 1 is 0.578 bits per heavy atom. The normalized spacial score (nSPS) is 13.6. The minimum absolute atomic E-state index is 0.0105. The second kappa shape index (κ2) is 31.9. The number of carboxylic acids is 1. The Hall–Kier alpha value is -1.93. The summed E-state index contributed by atoms with van der Waals surface area (Å²) in [5.41, 5.74) is -0.0105. The Labute approximate surface area is 396 Å². The summed E-state index contributed by atoms with van der Waals surface area (Å²) >= 11 is 0. The standard InChI is InChI=1S/C53H101NO8Si2/c1-15-17-19-21-23-25-27-29-31-33-36-45(61-63(11,12)52(3,4)5)42-54(39-35-38-49(55)60-50-47(58-9)40-44(51(56)57)41-48(50)59-10)43-46(62-64(13,14)53(6,7)8)37-34-32-30-28-26-24-22-20-18-16-2/h40-41,45-46H,15-39,42-43H2,1-14H3,(H,56,57).